The van der Waals surface area contributed by atoms with Gasteiger partial charge in [0.05, 0.1) is 6.61 Å². The van der Waals surface area contributed by atoms with Crippen LogP contribution in [0.15, 0.2) is 18.2 Å². The average molecular weight is 265 g/mol. The van der Waals surface area contributed by atoms with Gasteiger partial charge in [-0.1, -0.05) is 26.7 Å². The lowest BCUT2D eigenvalue weighted by Gasteiger charge is -2.08. The lowest BCUT2D eigenvalue weighted by molar-refractivity contribution is 0.101. The Morgan fingerprint density at radius 1 is 1.26 bits per heavy atom. The maximum Gasteiger partial charge on any atom is 0.160 e. The van der Waals surface area contributed by atoms with Crippen molar-refractivity contribution < 1.29 is 9.53 Å². The lowest BCUT2D eigenvalue weighted by atomic mass is 10.1. The largest absolute Gasteiger partial charge is 0.494 e. The zero-order chi connectivity index (χ0) is 14.7. The molecule has 0 amide bonds. The van der Waals surface area contributed by atoms with Crippen LogP contribution < -0.4 is 10.5 Å². The summed E-state index contributed by atoms with van der Waals surface area (Å²) in [5.41, 5.74) is 7.06. The monoisotopic (exact) mass is 265 g/mol. The van der Waals surface area contributed by atoms with Crippen LogP contribution in [0, 0.1) is 6.92 Å². The SMILES string of the molecule is CC(=O)c1ccc(OCCCN)cc1C.CCCC. The Kier molecular flexibility index (Phi) is 9.81. The first-order valence-corrected chi connectivity index (χ1v) is 7.01. The van der Waals surface area contributed by atoms with Crippen LogP contribution in [0.4, 0.5) is 0 Å². The predicted molar refractivity (Wildman–Crippen MR) is 80.9 cm³/mol. The zero-order valence-corrected chi connectivity index (χ0v) is 12.7. The van der Waals surface area contributed by atoms with Gasteiger partial charge in [0.1, 0.15) is 5.75 Å². The number of hydrogen-bond acceptors (Lipinski definition) is 3. The molecule has 0 heterocycles. The summed E-state index contributed by atoms with van der Waals surface area (Å²) in [7, 11) is 0. The third-order valence-electron chi connectivity index (χ3n) is 2.69. The molecule has 0 fully saturated rings. The van der Waals surface area contributed by atoms with E-state index >= 15 is 0 Å². The highest BCUT2D eigenvalue weighted by Gasteiger charge is 2.04. The van der Waals surface area contributed by atoms with Gasteiger partial charge in [-0.05, 0) is 50.6 Å². The maximum atomic E-state index is 11.2. The number of carbonyl (C=O) groups excluding carboxylic acids is 1. The molecule has 108 valence electrons. The Balaban J connectivity index is 0.000000711. The van der Waals surface area contributed by atoms with Gasteiger partial charge in [0, 0.05) is 5.56 Å². The Morgan fingerprint density at radius 3 is 2.32 bits per heavy atom. The molecular formula is C16H27NO2. The van der Waals surface area contributed by atoms with E-state index in [1.807, 2.05) is 19.1 Å². The lowest BCUT2D eigenvalue weighted by Crippen LogP contribution is -2.06. The van der Waals surface area contributed by atoms with Gasteiger partial charge >= 0.3 is 0 Å². The van der Waals surface area contributed by atoms with Crippen LogP contribution in [0.2, 0.25) is 0 Å². The van der Waals surface area contributed by atoms with Crippen molar-refractivity contribution in [2.24, 2.45) is 5.73 Å². The van der Waals surface area contributed by atoms with Crippen molar-refractivity contribution >= 4 is 5.78 Å². The summed E-state index contributed by atoms with van der Waals surface area (Å²) in [6.07, 6.45) is 3.48. The van der Waals surface area contributed by atoms with Crippen LogP contribution in [0.5, 0.6) is 5.75 Å². The number of benzene rings is 1. The van der Waals surface area contributed by atoms with Gasteiger partial charge in [-0.2, -0.15) is 0 Å². The Morgan fingerprint density at radius 2 is 1.89 bits per heavy atom. The molecule has 3 heteroatoms. The second-order valence-corrected chi connectivity index (χ2v) is 4.52. The molecule has 19 heavy (non-hydrogen) atoms. The molecule has 0 unspecified atom stereocenters. The van der Waals surface area contributed by atoms with E-state index in [4.69, 9.17) is 10.5 Å². The summed E-state index contributed by atoms with van der Waals surface area (Å²) in [6, 6.07) is 5.50. The highest BCUT2D eigenvalue weighted by Crippen LogP contribution is 2.17. The van der Waals surface area contributed by atoms with Crippen LogP contribution in [0.1, 0.15) is 56.0 Å². The highest BCUT2D eigenvalue weighted by atomic mass is 16.5. The molecule has 1 aromatic carbocycles. The topological polar surface area (TPSA) is 52.3 Å². The molecule has 0 bridgehead atoms. The van der Waals surface area contributed by atoms with Crippen molar-refractivity contribution in [1.82, 2.24) is 0 Å². The van der Waals surface area contributed by atoms with Crippen LogP contribution in [-0.2, 0) is 0 Å². The molecule has 0 aliphatic heterocycles. The summed E-state index contributed by atoms with van der Waals surface area (Å²) in [4.78, 5) is 11.2. The van der Waals surface area contributed by atoms with Gasteiger partial charge in [0.25, 0.3) is 0 Å². The number of aryl methyl sites for hydroxylation is 1. The van der Waals surface area contributed by atoms with Crippen molar-refractivity contribution in [3.63, 3.8) is 0 Å². The summed E-state index contributed by atoms with van der Waals surface area (Å²) >= 11 is 0. The van der Waals surface area contributed by atoms with Crippen LogP contribution >= 0.6 is 0 Å². The third kappa shape index (κ3) is 7.62. The standard InChI is InChI=1S/C12H17NO2.C4H10/c1-9-8-11(15-7-3-6-13)4-5-12(9)10(2)14;1-3-4-2/h4-5,8H,3,6-7,13H2,1-2H3;3-4H2,1-2H3. The molecule has 0 spiro atoms. The zero-order valence-electron chi connectivity index (χ0n) is 12.7. The highest BCUT2D eigenvalue weighted by molar-refractivity contribution is 5.95. The molecular weight excluding hydrogens is 238 g/mol. The minimum Gasteiger partial charge on any atom is -0.494 e. The second kappa shape index (κ2) is 10.6. The molecule has 0 atom stereocenters. The molecule has 3 nitrogen and oxygen atoms in total. The number of ether oxygens (including phenoxy) is 1. The van der Waals surface area contributed by atoms with E-state index in [0.717, 1.165) is 23.3 Å². The normalized spacial score (nSPS) is 9.53. The minimum atomic E-state index is 0.0843. The van der Waals surface area contributed by atoms with Gasteiger partial charge in [-0.15, -0.1) is 0 Å². The number of carbonyl (C=O) groups is 1. The van der Waals surface area contributed by atoms with E-state index in [2.05, 4.69) is 13.8 Å². The number of ketones is 1. The van der Waals surface area contributed by atoms with E-state index in [0.29, 0.717) is 13.2 Å². The summed E-state index contributed by atoms with van der Waals surface area (Å²) < 4.78 is 5.47. The molecule has 1 aromatic rings. The molecule has 1 rings (SSSR count). The first kappa shape index (κ1) is 17.6. The van der Waals surface area contributed by atoms with Crippen molar-refractivity contribution in [3.05, 3.63) is 29.3 Å². The summed E-state index contributed by atoms with van der Waals surface area (Å²) in [5, 5.41) is 0. The fourth-order valence-electron chi connectivity index (χ4n) is 1.39. The van der Waals surface area contributed by atoms with Crippen LogP contribution in [0.3, 0.4) is 0 Å². The fraction of sp³-hybridized carbons (Fsp3) is 0.562. The number of rotatable bonds is 6. The third-order valence-corrected chi connectivity index (χ3v) is 2.69. The fourth-order valence-corrected chi connectivity index (χ4v) is 1.39. The quantitative estimate of drug-likeness (QED) is 0.630. The second-order valence-electron chi connectivity index (χ2n) is 4.52. The first-order valence-electron chi connectivity index (χ1n) is 7.01. The van der Waals surface area contributed by atoms with E-state index in [1.54, 1.807) is 13.0 Å². The van der Waals surface area contributed by atoms with Crippen LogP contribution in [-0.4, -0.2) is 18.9 Å². The number of nitrogens with two attached hydrogens (primary N) is 1. The Bertz CT molecular complexity index is 373. The molecule has 0 saturated heterocycles. The molecule has 2 N–H and O–H groups in total. The van der Waals surface area contributed by atoms with Gasteiger partial charge in [-0.3, -0.25) is 4.79 Å². The Labute approximate surface area is 117 Å². The van der Waals surface area contributed by atoms with Crippen molar-refractivity contribution in [1.29, 1.82) is 0 Å². The number of Topliss-reactive ketones (excluding diaryl/α,β-unsaturated/α-hetero) is 1. The average Bonchev–Trinajstić information content (AvgIpc) is 2.39. The smallest absolute Gasteiger partial charge is 0.160 e. The first-order chi connectivity index (χ1) is 9.06. The molecule has 0 radical (unpaired) electrons. The molecule has 0 aliphatic carbocycles. The number of hydrogen-bond donors (Lipinski definition) is 1. The summed E-state index contributed by atoms with van der Waals surface area (Å²) in [6.45, 7) is 9.09. The minimum absolute atomic E-state index is 0.0843. The maximum absolute atomic E-state index is 11.2. The van der Waals surface area contributed by atoms with Gasteiger partial charge in [0.15, 0.2) is 5.78 Å². The molecule has 0 aliphatic rings. The van der Waals surface area contributed by atoms with E-state index in [-0.39, 0.29) is 5.78 Å². The van der Waals surface area contributed by atoms with Crippen molar-refractivity contribution in [2.75, 3.05) is 13.2 Å². The number of unbranched alkanes of at least 4 members (excludes halogenated alkanes) is 1. The predicted octanol–water partition coefficient (Wildman–Crippen LogP) is 3.73. The van der Waals surface area contributed by atoms with Gasteiger partial charge < -0.3 is 10.5 Å². The van der Waals surface area contributed by atoms with Crippen LogP contribution in [0.25, 0.3) is 0 Å². The van der Waals surface area contributed by atoms with Gasteiger partial charge in [-0.25, -0.2) is 0 Å². The molecule has 0 saturated carbocycles. The van der Waals surface area contributed by atoms with E-state index in [9.17, 15) is 4.79 Å². The van der Waals surface area contributed by atoms with Gasteiger partial charge in [0.2, 0.25) is 0 Å². The van der Waals surface area contributed by atoms with E-state index in [1.165, 1.54) is 12.8 Å². The van der Waals surface area contributed by atoms with E-state index < -0.39 is 0 Å². The van der Waals surface area contributed by atoms with Crippen molar-refractivity contribution in [2.45, 2.75) is 47.0 Å². The Hall–Kier alpha value is -1.35. The molecule has 0 aromatic heterocycles. The van der Waals surface area contributed by atoms with Crippen molar-refractivity contribution in [3.8, 4) is 5.75 Å². The summed E-state index contributed by atoms with van der Waals surface area (Å²) in [5.74, 6) is 0.881.